The first kappa shape index (κ1) is 21.1. The Morgan fingerprint density at radius 3 is 1.48 bits per heavy atom. The van der Waals surface area contributed by atoms with E-state index >= 15 is 0 Å². The van der Waals surface area contributed by atoms with Crippen molar-refractivity contribution >= 4 is 0 Å². The summed E-state index contributed by atoms with van der Waals surface area (Å²) in [6.45, 7) is 8.73. The Hall–Kier alpha value is -3.12. The maximum Gasteiger partial charge on any atom is -0.00258 e. The van der Waals surface area contributed by atoms with Crippen LogP contribution in [0.25, 0.3) is 11.1 Å². The van der Waals surface area contributed by atoms with Gasteiger partial charge in [-0.05, 0) is 91.5 Å². The van der Waals surface area contributed by atoms with E-state index in [4.69, 9.17) is 0 Å². The molecule has 4 aromatic rings. The van der Waals surface area contributed by atoms with Gasteiger partial charge < -0.3 is 0 Å². The van der Waals surface area contributed by atoms with Gasteiger partial charge >= 0.3 is 0 Å². The molecule has 0 heteroatoms. The van der Waals surface area contributed by atoms with Crippen molar-refractivity contribution in [2.75, 3.05) is 0 Å². The van der Waals surface area contributed by atoms with Crippen LogP contribution in [0.4, 0.5) is 0 Å². The maximum atomic E-state index is 2.36. The van der Waals surface area contributed by atoms with Gasteiger partial charge in [-0.2, -0.15) is 0 Å². The average Bonchev–Trinajstić information content (AvgIpc) is 2.76. The molecular formula is C31H32. The monoisotopic (exact) mass is 404 g/mol. The first-order chi connectivity index (χ1) is 15.0. The second kappa shape index (κ2) is 9.35. The second-order valence-corrected chi connectivity index (χ2v) is 8.95. The molecule has 0 aliphatic rings. The van der Waals surface area contributed by atoms with E-state index in [-0.39, 0.29) is 0 Å². The molecule has 31 heavy (non-hydrogen) atoms. The van der Waals surface area contributed by atoms with Gasteiger partial charge in [0.05, 0.1) is 0 Å². The quantitative estimate of drug-likeness (QED) is 0.306. The molecule has 0 radical (unpaired) electrons. The fourth-order valence-electron chi connectivity index (χ4n) is 4.35. The highest BCUT2D eigenvalue weighted by Crippen LogP contribution is 2.28. The summed E-state index contributed by atoms with van der Waals surface area (Å²) < 4.78 is 0. The lowest BCUT2D eigenvalue weighted by atomic mass is 9.93. The standard InChI is InChI=1S/C31H32/c1-22-5-8-28(9-6-22)21-29-14-11-26(12-15-29)10-13-27-16-18-31(25(4)20-27)30-17-7-23(2)19-24(30)3/h5-9,11-12,14-20H,10,13,21H2,1-4H3. The first-order valence-electron chi connectivity index (χ1n) is 11.3. The first-order valence-corrected chi connectivity index (χ1v) is 11.3. The fraction of sp³-hybridized carbons (Fsp3) is 0.226. The lowest BCUT2D eigenvalue weighted by Gasteiger charge is -2.12. The van der Waals surface area contributed by atoms with Gasteiger partial charge in [-0.1, -0.05) is 96.1 Å². The molecule has 0 amide bonds. The van der Waals surface area contributed by atoms with Crippen LogP contribution < -0.4 is 0 Å². The van der Waals surface area contributed by atoms with E-state index in [9.17, 15) is 0 Å². The number of hydrogen-bond donors (Lipinski definition) is 0. The minimum absolute atomic E-state index is 1.000. The van der Waals surface area contributed by atoms with Crippen molar-refractivity contribution in [2.24, 2.45) is 0 Å². The third-order valence-corrected chi connectivity index (χ3v) is 6.22. The molecule has 0 unspecified atom stereocenters. The van der Waals surface area contributed by atoms with Gasteiger partial charge in [0.15, 0.2) is 0 Å². The number of benzene rings is 4. The molecule has 0 nitrogen and oxygen atoms in total. The van der Waals surface area contributed by atoms with Crippen molar-refractivity contribution in [3.63, 3.8) is 0 Å². The summed E-state index contributed by atoms with van der Waals surface area (Å²) >= 11 is 0. The Morgan fingerprint density at radius 2 is 0.871 bits per heavy atom. The lowest BCUT2D eigenvalue weighted by molar-refractivity contribution is 0.956. The van der Waals surface area contributed by atoms with E-state index in [2.05, 4.69) is 113 Å². The summed E-state index contributed by atoms with van der Waals surface area (Å²) in [5, 5.41) is 0. The molecule has 0 N–H and O–H groups in total. The Balaban J connectivity index is 1.40. The Kier molecular flexibility index (Phi) is 6.37. The molecular weight excluding hydrogens is 372 g/mol. The van der Waals surface area contributed by atoms with E-state index in [1.54, 1.807) is 0 Å². The molecule has 0 fully saturated rings. The number of hydrogen-bond acceptors (Lipinski definition) is 0. The molecule has 0 aromatic heterocycles. The van der Waals surface area contributed by atoms with Gasteiger partial charge in [0.1, 0.15) is 0 Å². The molecule has 4 rings (SSSR count). The van der Waals surface area contributed by atoms with Crippen molar-refractivity contribution in [3.05, 3.63) is 129 Å². The molecule has 0 heterocycles. The highest BCUT2D eigenvalue weighted by Gasteiger charge is 2.07. The van der Waals surface area contributed by atoms with E-state index < -0.39 is 0 Å². The highest BCUT2D eigenvalue weighted by molar-refractivity contribution is 5.71. The summed E-state index contributed by atoms with van der Waals surface area (Å²) in [5.74, 6) is 0. The molecule has 0 saturated heterocycles. The van der Waals surface area contributed by atoms with Crippen molar-refractivity contribution in [2.45, 2.75) is 47.0 Å². The Morgan fingerprint density at radius 1 is 0.419 bits per heavy atom. The smallest absolute Gasteiger partial charge is 0.00258 e. The molecule has 0 saturated carbocycles. The summed E-state index contributed by atoms with van der Waals surface area (Å²) in [6, 6.07) is 31.7. The molecule has 156 valence electrons. The van der Waals surface area contributed by atoms with Crippen LogP contribution in [0, 0.1) is 27.7 Å². The second-order valence-electron chi connectivity index (χ2n) is 8.95. The molecule has 4 aromatic carbocycles. The van der Waals surface area contributed by atoms with Gasteiger partial charge in [0.25, 0.3) is 0 Å². The van der Waals surface area contributed by atoms with Crippen LogP contribution in [0.15, 0.2) is 84.9 Å². The highest BCUT2D eigenvalue weighted by atomic mass is 14.1. The van der Waals surface area contributed by atoms with E-state index in [1.165, 1.54) is 55.6 Å². The predicted octanol–water partition coefficient (Wildman–Crippen LogP) is 7.96. The van der Waals surface area contributed by atoms with Gasteiger partial charge in [-0.3, -0.25) is 0 Å². The van der Waals surface area contributed by atoms with Crippen LogP contribution in [-0.2, 0) is 19.3 Å². The largest absolute Gasteiger partial charge is 0.0590 e. The SMILES string of the molecule is Cc1ccc(Cc2ccc(CCc3ccc(-c4ccc(C)cc4C)c(C)c3)cc2)cc1. The fourth-order valence-corrected chi connectivity index (χ4v) is 4.35. The van der Waals surface area contributed by atoms with Gasteiger partial charge in [0, 0.05) is 0 Å². The average molecular weight is 405 g/mol. The normalized spacial score (nSPS) is 11.0. The van der Waals surface area contributed by atoms with Crippen LogP contribution in [-0.4, -0.2) is 0 Å². The molecule has 0 bridgehead atoms. The molecule has 0 aliphatic heterocycles. The summed E-state index contributed by atoms with van der Waals surface area (Å²) in [5.41, 5.74) is 13.6. The predicted molar refractivity (Wildman–Crippen MR) is 134 cm³/mol. The van der Waals surface area contributed by atoms with Crippen LogP contribution in [0.3, 0.4) is 0 Å². The molecule has 0 spiro atoms. The summed E-state index contributed by atoms with van der Waals surface area (Å²) in [7, 11) is 0. The maximum absolute atomic E-state index is 2.36. The third-order valence-electron chi connectivity index (χ3n) is 6.22. The van der Waals surface area contributed by atoms with Crippen molar-refractivity contribution in [3.8, 4) is 11.1 Å². The van der Waals surface area contributed by atoms with Crippen molar-refractivity contribution < 1.29 is 0 Å². The summed E-state index contributed by atoms with van der Waals surface area (Å²) in [4.78, 5) is 0. The van der Waals surface area contributed by atoms with Gasteiger partial charge in [0.2, 0.25) is 0 Å². The van der Waals surface area contributed by atoms with Gasteiger partial charge in [-0.25, -0.2) is 0 Å². The third kappa shape index (κ3) is 5.33. The van der Waals surface area contributed by atoms with Crippen molar-refractivity contribution in [1.29, 1.82) is 0 Å². The van der Waals surface area contributed by atoms with Crippen LogP contribution >= 0.6 is 0 Å². The van der Waals surface area contributed by atoms with Crippen molar-refractivity contribution in [1.82, 2.24) is 0 Å². The Labute approximate surface area is 187 Å². The topological polar surface area (TPSA) is 0 Å². The van der Waals surface area contributed by atoms with E-state index in [1.807, 2.05) is 0 Å². The van der Waals surface area contributed by atoms with Crippen LogP contribution in [0.2, 0.25) is 0 Å². The van der Waals surface area contributed by atoms with E-state index in [0.29, 0.717) is 0 Å². The number of aryl methyl sites for hydroxylation is 6. The van der Waals surface area contributed by atoms with Crippen LogP contribution in [0.5, 0.6) is 0 Å². The molecule has 0 aliphatic carbocycles. The van der Waals surface area contributed by atoms with E-state index in [0.717, 1.165) is 19.3 Å². The number of rotatable bonds is 6. The minimum atomic E-state index is 1.000. The lowest BCUT2D eigenvalue weighted by Crippen LogP contribution is -1.95. The van der Waals surface area contributed by atoms with Crippen LogP contribution in [0.1, 0.15) is 44.5 Å². The zero-order valence-corrected chi connectivity index (χ0v) is 19.2. The zero-order valence-electron chi connectivity index (χ0n) is 19.2. The minimum Gasteiger partial charge on any atom is -0.0590 e. The molecule has 0 atom stereocenters. The Bertz CT molecular complexity index is 1160. The van der Waals surface area contributed by atoms with Gasteiger partial charge in [-0.15, -0.1) is 0 Å². The zero-order chi connectivity index (χ0) is 21.8. The summed E-state index contributed by atoms with van der Waals surface area (Å²) in [6.07, 6.45) is 3.15.